The van der Waals surface area contributed by atoms with Crippen molar-refractivity contribution in [2.24, 2.45) is 0 Å². The lowest BCUT2D eigenvalue weighted by Crippen LogP contribution is -2.32. The van der Waals surface area contributed by atoms with Crippen molar-refractivity contribution in [2.75, 3.05) is 6.54 Å². The molecule has 1 aliphatic rings. The van der Waals surface area contributed by atoms with Gasteiger partial charge in [-0.1, -0.05) is 25.0 Å². The van der Waals surface area contributed by atoms with E-state index in [0.29, 0.717) is 30.0 Å². The summed E-state index contributed by atoms with van der Waals surface area (Å²) in [4.78, 5) is 70.1. The maximum atomic E-state index is 12.6. The molecule has 0 unspecified atom stereocenters. The standard InChI is InChI=1S/C24H27N5O6/c1-4-6-10-28-20-19(21(31)26-24(28)34)27(5-2)17(25-20)13-35-18(30)9-11-29-22(32)15-8-7-14(3)12-16(15)23(29)33/h7-8,12H,4-6,9-11,13H2,1-3H3,(H,26,31,34). The highest BCUT2D eigenvalue weighted by atomic mass is 16.5. The Kier molecular flexibility index (Phi) is 6.68. The molecule has 0 saturated carbocycles. The molecule has 0 radical (unpaired) electrons. The molecule has 1 N–H and O–H groups in total. The van der Waals surface area contributed by atoms with Gasteiger partial charge >= 0.3 is 11.7 Å². The Morgan fingerprint density at radius 1 is 1.03 bits per heavy atom. The molecule has 0 spiro atoms. The van der Waals surface area contributed by atoms with Crippen molar-refractivity contribution < 1.29 is 19.1 Å². The van der Waals surface area contributed by atoms with E-state index in [1.54, 1.807) is 22.8 Å². The Labute approximate surface area is 200 Å². The van der Waals surface area contributed by atoms with Crippen LogP contribution in [-0.2, 0) is 29.2 Å². The van der Waals surface area contributed by atoms with Gasteiger partial charge in [-0.05, 0) is 32.4 Å². The number of carbonyl (C=O) groups is 3. The summed E-state index contributed by atoms with van der Waals surface area (Å²) >= 11 is 0. The first-order valence-corrected chi connectivity index (χ1v) is 11.6. The molecule has 2 aromatic heterocycles. The van der Waals surface area contributed by atoms with Gasteiger partial charge in [0.05, 0.1) is 17.5 Å². The Morgan fingerprint density at radius 3 is 2.49 bits per heavy atom. The van der Waals surface area contributed by atoms with Gasteiger partial charge in [-0.3, -0.25) is 33.6 Å². The number of carbonyl (C=O) groups excluding carboxylic acids is 3. The maximum absolute atomic E-state index is 12.6. The SMILES string of the molecule is CCCCn1c(=O)[nH]c(=O)c2c1nc(COC(=O)CCN1C(=O)c3ccc(C)cc3C1=O)n2CC. The number of aromatic nitrogens is 4. The number of amides is 2. The van der Waals surface area contributed by atoms with Gasteiger partial charge in [0.15, 0.2) is 11.2 Å². The zero-order chi connectivity index (χ0) is 25.3. The van der Waals surface area contributed by atoms with Crippen LogP contribution in [0, 0.1) is 6.92 Å². The van der Waals surface area contributed by atoms with E-state index < -0.39 is 29.0 Å². The molecule has 1 aromatic carbocycles. The molecule has 184 valence electrons. The summed E-state index contributed by atoms with van der Waals surface area (Å²) in [6, 6.07) is 5.03. The normalized spacial score (nSPS) is 13.1. The molecule has 0 fully saturated rings. The Hall–Kier alpha value is -4.02. The van der Waals surface area contributed by atoms with Crippen LogP contribution in [0.15, 0.2) is 27.8 Å². The van der Waals surface area contributed by atoms with Crippen LogP contribution >= 0.6 is 0 Å². The summed E-state index contributed by atoms with van der Waals surface area (Å²) in [5, 5.41) is 0. The quantitative estimate of drug-likeness (QED) is 0.363. The molecular formula is C24H27N5O6. The number of aromatic amines is 1. The second-order valence-corrected chi connectivity index (χ2v) is 8.43. The molecule has 11 heteroatoms. The summed E-state index contributed by atoms with van der Waals surface area (Å²) in [6.07, 6.45) is 1.42. The van der Waals surface area contributed by atoms with E-state index in [9.17, 15) is 24.0 Å². The minimum atomic E-state index is -0.621. The summed E-state index contributed by atoms with van der Waals surface area (Å²) in [6.45, 7) is 6.10. The first-order valence-electron chi connectivity index (χ1n) is 11.6. The third kappa shape index (κ3) is 4.41. The Morgan fingerprint density at radius 2 is 1.77 bits per heavy atom. The van der Waals surface area contributed by atoms with Gasteiger partial charge in [-0.15, -0.1) is 0 Å². The largest absolute Gasteiger partial charge is 0.457 e. The van der Waals surface area contributed by atoms with Gasteiger partial charge in [0.2, 0.25) is 0 Å². The number of H-pyrrole nitrogens is 1. The second kappa shape index (κ2) is 9.69. The van der Waals surface area contributed by atoms with Crippen LogP contribution in [0.3, 0.4) is 0 Å². The lowest BCUT2D eigenvalue weighted by atomic mass is 10.1. The molecule has 0 saturated heterocycles. The summed E-state index contributed by atoms with van der Waals surface area (Å²) < 4.78 is 8.37. The van der Waals surface area contributed by atoms with Crippen molar-refractivity contribution in [1.82, 2.24) is 24.0 Å². The number of rotatable bonds is 9. The average Bonchev–Trinajstić information content (AvgIpc) is 3.31. The minimum Gasteiger partial charge on any atom is -0.457 e. The number of nitrogens with zero attached hydrogens (tertiary/aromatic N) is 4. The first kappa shape index (κ1) is 24.1. The van der Waals surface area contributed by atoms with E-state index in [-0.39, 0.29) is 30.7 Å². The summed E-state index contributed by atoms with van der Waals surface area (Å²) in [5.41, 5.74) is 0.937. The van der Waals surface area contributed by atoms with Crippen LogP contribution in [0.25, 0.3) is 11.2 Å². The summed E-state index contributed by atoms with van der Waals surface area (Å²) in [5.74, 6) is -1.16. The smallest absolute Gasteiger partial charge is 0.330 e. The number of imidazole rings is 1. The molecule has 3 heterocycles. The number of hydrogen-bond donors (Lipinski definition) is 1. The lowest BCUT2D eigenvalue weighted by molar-refractivity contribution is -0.145. The number of imide groups is 1. The Balaban J connectivity index is 1.47. The fourth-order valence-corrected chi connectivity index (χ4v) is 4.22. The predicted octanol–water partition coefficient (Wildman–Crippen LogP) is 1.74. The monoisotopic (exact) mass is 481 g/mol. The Bertz CT molecular complexity index is 1450. The third-order valence-corrected chi connectivity index (χ3v) is 6.04. The zero-order valence-electron chi connectivity index (χ0n) is 19.9. The third-order valence-electron chi connectivity index (χ3n) is 6.04. The molecule has 0 aliphatic carbocycles. The molecule has 11 nitrogen and oxygen atoms in total. The number of fused-ring (bicyclic) bond motifs is 2. The van der Waals surface area contributed by atoms with Crippen molar-refractivity contribution >= 4 is 28.9 Å². The van der Waals surface area contributed by atoms with Gasteiger partial charge in [0.1, 0.15) is 12.4 Å². The molecule has 35 heavy (non-hydrogen) atoms. The number of esters is 1. The van der Waals surface area contributed by atoms with E-state index >= 15 is 0 Å². The van der Waals surface area contributed by atoms with Gasteiger partial charge in [0, 0.05) is 19.6 Å². The van der Waals surface area contributed by atoms with Crippen molar-refractivity contribution in [3.63, 3.8) is 0 Å². The molecule has 3 aromatic rings. The fraction of sp³-hybridized carbons (Fsp3) is 0.417. The van der Waals surface area contributed by atoms with Gasteiger partial charge in [-0.25, -0.2) is 9.78 Å². The van der Waals surface area contributed by atoms with Crippen molar-refractivity contribution in [2.45, 2.75) is 59.7 Å². The number of benzene rings is 1. The highest BCUT2D eigenvalue weighted by Gasteiger charge is 2.35. The van der Waals surface area contributed by atoms with Gasteiger partial charge in [-0.2, -0.15) is 0 Å². The van der Waals surface area contributed by atoms with E-state index in [4.69, 9.17) is 4.74 Å². The number of hydrogen-bond acceptors (Lipinski definition) is 7. The maximum Gasteiger partial charge on any atom is 0.330 e. The minimum absolute atomic E-state index is 0.106. The average molecular weight is 482 g/mol. The van der Waals surface area contributed by atoms with E-state index in [0.717, 1.165) is 23.3 Å². The van der Waals surface area contributed by atoms with E-state index in [1.165, 1.54) is 4.57 Å². The molecule has 2 amide bonds. The van der Waals surface area contributed by atoms with E-state index in [1.807, 2.05) is 20.8 Å². The van der Waals surface area contributed by atoms with Crippen LogP contribution in [-0.4, -0.2) is 48.3 Å². The number of aryl methyl sites for hydroxylation is 3. The van der Waals surface area contributed by atoms with E-state index in [2.05, 4.69) is 9.97 Å². The molecular weight excluding hydrogens is 454 g/mol. The highest BCUT2D eigenvalue weighted by Crippen LogP contribution is 2.24. The van der Waals surface area contributed by atoms with Gasteiger partial charge < -0.3 is 9.30 Å². The van der Waals surface area contributed by atoms with Crippen LogP contribution in [0.4, 0.5) is 0 Å². The molecule has 0 bridgehead atoms. The topological polar surface area (TPSA) is 136 Å². The predicted molar refractivity (Wildman–Crippen MR) is 126 cm³/mol. The van der Waals surface area contributed by atoms with Crippen molar-refractivity contribution in [3.8, 4) is 0 Å². The molecule has 4 rings (SSSR count). The van der Waals surface area contributed by atoms with Crippen LogP contribution in [0.2, 0.25) is 0 Å². The highest BCUT2D eigenvalue weighted by molar-refractivity contribution is 6.21. The van der Waals surface area contributed by atoms with Gasteiger partial charge in [0.25, 0.3) is 17.4 Å². The van der Waals surface area contributed by atoms with Crippen molar-refractivity contribution in [3.05, 3.63) is 61.6 Å². The molecule has 1 aliphatic heterocycles. The number of nitrogens with one attached hydrogen (secondary N) is 1. The molecule has 0 atom stereocenters. The number of unbranched alkanes of at least 4 members (excludes halogenated alkanes) is 1. The first-order chi connectivity index (χ1) is 16.8. The second-order valence-electron chi connectivity index (χ2n) is 8.43. The summed E-state index contributed by atoms with van der Waals surface area (Å²) in [7, 11) is 0. The van der Waals surface area contributed by atoms with Crippen molar-refractivity contribution in [1.29, 1.82) is 0 Å². The van der Waals surface area contributed by atoms with Crippen LogP contribution in [0.5, 0.6) is 0 Å². The lowest BCUT2D eigenvalue weighted by Gasteiger charge is -2.13. The zero-order valence-corrected chi connectivity index (χ0v) is 19.9. The number of ether oxygens (including phenoxy) is 1. The van der Waals surface area contributed by atoms with Crippen LogP contribution < -0.4 is 11.2 Å². The van der Waals surface area contributed by atoms with Crippen LogP contribution in [0.1, 0.15) is 65.2 Å². The fourth-order valence-electron chi connectivity index (χ4n) is 4.22.